The molecule has 0 fully saturated rings. The molecular weight excluding hydrogens is 293 g/mol. The van der Waals surface area contributed by atoms with Crippen molar-refractivity contribution in [2.45, 2.75) is 25.7 Å². The number of hydrogen-bond acceptors (Lipinski definition) is 4. The lowest BCUT2D eigenvalue weighted by molar-refractivity contribution is 0.347. The highest BCUT2D eigenvalue weighted by Crippen LogP contribution is 2.23. The number of rotatable bonds is 6. The lowest BCUT2D eigenvalue weighted by Crippen LogP contribution is -2.20. The van der Waals surface area contributed by atoms with E-state index in [0.29, 0.717) is 17.7 Å². The van der Waals surface area contributed by atoms with Crippen LogP contribution < -0.4 is 10.5 Å². The van der Waals surface area contributed by atoms with Crippen LogP contribution in [0.25, 0.3) is 0 Å². The highest BCUT2D eigenvalue weighted by Gasteiger charge is 2.23. The first-order valence-corrected chi connectivity index (χ1v) is 8.27. The fourth-order valence-corrected chi connectivity index (χ4v) is 3.57. The van der Waals surface area contributed by atoms with Crippen LogP contribution in [0.2, 0.25) is 0 Å². The Bertz CT molecular complexity index is 586. The van der Waals surface area contributed by atoms with E-state index in [1.165, 1.54) is 12.1 Å². The van der Waals surface area contributed by atoms with E-state index in [-0.39, 0.29) is 29.2 Å². The maximum atomic E-state index is 12.3. The van der Waals surface area contributed by atoms with Gasteiger partial charge in [-0.1, -0.05) is 20.8 Å². The van der Waals surface area contributed by atoms with Crippen molar-refractivity contribution in [3.05, 3.63) is 36.2 Å². The van der Waals surface area contributed by atoms with Crippen LogP contribution >= 0.6 is 0 Å². The molecule has 2 N–H and O–H groups in total. The fourth-order valence-electron chi connectivity index (χ4n) is 1.71. The van der Waals surface area contributed by atoms with Crippen molar-refractivity contribution in [3.63, 3.8) is 0 Å². The second kappa shape index (κ2) is 7.04. The van der Waals surface area contributed by atoms with Gasteiger partial charge in [0.25, 0.3) is 0 Å². The van der Waals surface area contributed by atoms with Crippen molar-refractivity contribution >= 4 is 9.84 Å². The summed E-state index contributed by atoms with van der Waals surface area (Å²) in [4.78, 5) is 0.254. The second-order valence-electron chi connectivity index (χ2n) is 6.05. The van der Waals surface area contributed by atoms with Crippen molar-refractivity contribution in [1.29, 1.82) is 0 Å². The normalized spacial score (nSPS) is 13.3. The summed E-state index contributed by atoms with van der Waals surface area (Å²) < 4.78 is 42.1. The van der Waals surface area contributed by atoms with Crippen LogP contribution in [0, 0.1) is 5.41 Å². The van der Waals surface area contributed by atoms with Crippen LogP contribution in [0.15, 0.2) is 41.1 Å². The maximum absolute atomic E-state index is 12.3. The van der Waals surface area contributed by atoms with E-state index in [2.05, 4.69) is 0 Å². The molecule has 0 saturated carbocycles. The van der Waals surface area contributed by atoms with Crippen LogP contribution in [0.5, 0.6) is 5.75 Å². The molecule has 118 valence electrons. The molecule has 0 spiro atoms. The molecule has 0 bridgehead atoms. The minimum Gasteiger partial charge on any atom is -0.489 e. The van der Waals surface area contributed by atoms with Crippen LogP contribution in [-0.2, 0) is 9.84 Å². The van der Waals surface area contributed by atoms with E-state index in [1.807, 2.05) is 20.8 Å². The molecule has 0 aliphatic rings. The Hall–Kier alpha value is -1.40. The third kappa shape index (κ3) is 5.85. The van der Waals surface area contributed by atoms with E-state index in [1.54, 1.807) is 12.1 Å². The van der Waals surface area contributed by atoms with Gasteiger partial charge < -0.3 is 10.5 Å². The third-order valence-corrected chi connectivity index (χ3v) is 4.88. The number of halogens is 1. The van der Waals surface area contributed by atoms with Gasteiger partial charge in [-0.2, -0.15) is 0 Å². The van der Waals surface area contributed by atoms with Crippen molar-refractivity contribution in [1.82, 2.24) is 0 Å². The highest BCUT2D eigenvalue weighted by atomic mass is 32.2. The summed E-state index contributed by atoms with van der Waals surface area (Å²) in [7, 11) is -3.32. The summed E-state index contributed by atoms with van der Waals surface area (Å²) in [5, 5.41) is 0. The number of nitrogens with two attached hydrogens (primary N) is 1. The van der Waals surface area contributed by atoms with Gasteiger partial charge in [-0.25, -0.2) is 12.8 Å². The quantitative estimate of drug-likeness (QED) is 0.876. The van der Waals surface area contributed by atoms with E-state index < -0.39 is 9.84 Å². The zero-order valence-corrected chi connectivity index (χ0v) is 13.4. The molecule has 1 aromatic rings. The molecule has 0 atom stereocenters. The highest BCUT2D eigenvalue weighted by molar-refractivity contribution is 7.91. The zero-order chi connectivity index (χ0) is 16.1. The number of benzene rings is 1. The predicted octanol–water partition coefficient (Wildman–Crippen LogP) is 2.70. The molecule has 1 rings (SSSR count). The molecule has 0 aromatic heterocycles. The molecule has 0 unspecified atom stereocenters. The van der Waals surface area contributed by atoms with Gasteiger partial charge in [0, 0.05) is 12.1 Å². The SMILES string of the molecule is CC(C)(C)CS(=O)(=O)c1ccc(OC/C(=C/F)CN)cc1. The molecule has 0 heterocycles. The summed E-state index contributed by atoms with van der Waals surface area (Å²) in [5.41, 5.74) is 5.34. The van der Waals surface area contributed by atoms with Gasteiger partial charge in [-0.3, -0.25) is 0 Å². The summed E-state index contributed by atoms with van der Waals surface area (Å²) in [5.74, 6) is 0.541. The molecule has 0 aliphatic heterocycles. The molecule has 0 radical (unpaired) electrons. The topological polar surface area (TPSA) is 69.4 Å². The smallest absolute Gasteiger partial charge is 0.178 e. The van der Waals surface area contributed by atoms with E-state index >= 15 is 0 Å². The molecule has 1 aromatic carbocycles. The second-order valence-corrected chi connectivity index (χ2v) is 8.04. The zero-order valence-electron chi connectivity index (χ0n) is 12.6. The first kappa shape index (κ1) is 17.7. The van der Waals surface area contributed by atoms with E-state index in [4.69, 9.17) is 10.5 Å². The molecule has 0 saturated heterocycles. The molecular formula is C15H22FNO3S. The summed E-state index contributed by atoms with van der Waals surface area (Å²) >= 11 is 0. The lowest BCUT2D eigenvalue weighted by atomic mass is 10.0. The van der Waals surface area contributed by atoms with Crippen LogP contribution in [0.1, 0.15) is 20.8 Å². The fraction of sp³-hybridized carbons (Fsp3) is 0.467. The van der Waals surface area contributed by atoms with Gasteiger partial charge in [0.1, 0.15) is 12.4 Å². The minimum absolute atomic E-state index is 0.0427. The Kier molecular flexibility index (Phi) is 5.92. The third-order valence-electron chi connectivity index (χ3n) is 2.65. The van der Waals surface area contributed by atoms with Gasteiger partial charge in [0.2, 0.25) is 0 Å². The van der Waals surface area contributed by atoms with Crippen molar-refractivity contribution < 1.29 is 17.5 Å². The summed E-state index contributed by atoms with van der Waals surface area (Å²) in [6.07, 6.45) is 0.419. The molecule has 21 heavy (non-hydrogen) atoms. The van der Waals surface area contributed by atoms with Crippen molar-refractivity contribution in [3.8, 4) is 5.75 Å². The minimum atomic E-state index is -3.32. The average Bonchev–Trinajstić information content (AvgIpc) is 2.38. The predicted molar refractivity (Wildman–Crippen MR) is 81.7 cm³/mol. The Balaban J connectivity index is 2.79. The Labute approximate surface area is 125 Å². The Morgan fingerprint density at radius 1 is 1.29 bits per heavy atom. The average molecular weight is 315 g/mol. The maximum Gasteiger partial charge on any atom is 0.178 e. The molecule has 6 heteroatoms. The number of sulfone groups is 1. The summed E-state index contributed by atoms with van der Waals surface area (Å²) in [6.45, 7) is 5.74. The Morgan fingerprint density at radius 3 is 2.29 bits per heavy atom. The monoisotopic (exact) mass is 315 g/mol. The van der Waals surface area contributed by atoms with Crippen LogP contribution in [0.4, 0.5) is 4.39 Å². The first-order chi connectivity index (χ1) is 9.68. The summed E-state index contributed by atoms with van der Waals surface area (Å²) in [6, 6.07) is 6.11. The van der Waals surface area contributed by atoms with E-state index in [9.17, 15) is 12.8 Å². The standard InChI is InChI=1S/C15H22FNO3S/c1-15(2,3)11-21(18,19)14-6-4-13(5-7-14)20-10-12(8-16)9-17/h4-8H,9-11,17H2,1-3H3/b12-8+. The lowest BCUT2D eigenvalue weighted by Gasteiger charge is -2.18. The van der Waals surface area contributed by atoms with Crippen molar-refractivity contribution in [2.75, 3.05) is 18.9 Å². The Morgan fingerprint density at radius 2 is 1.86 bits per heavy atom. The number of hydrogen-bond donors (Lipinski definition) is 1. The largest absolute Gasteiger partial charge is 0.489 e. The molecule has 0 amide bonds. The molecule has 4 nitrogen and oxygen atoms in total. The van der Waals surface area contributed by atoms with Crippen LogP contribution in [0.3, 0.4) is 0 Å². The van der Waals surface area contributed by atoms with Crippen molar-refractivity contribution in [2.24, 2.45) is 11.1 Å². The van der Waals surface area contributed by atoms with Gasteiger partial charge in [0.15, 0.2) is 9.84 Å². The van der Waals surface area contributed by atoms with Gasteiger partial charge in [-0.15, -0.1) is 0 Å². The first-order valence-electron chi connectivity index (χ1n) is 6.62. The van der Waals surface area contributed by atoms with Gasteiger partial charge in [-0.05, 0) is 29.7 Å². The van der Waals surface area contributed by atoms with E-state index in [0.717, 1.165) is 0 Å². The number of ether oxygens (including phenoxy) is 1. The van der Waals surface area contributed by atoms with Gasteiger partial charge >= 0.3 is 0 Å². The van der Waals surface area contributed by atoms with Crippen LogP contribution in [-0.4, -0.2) is 27.3 Å². The van der Waals surface area contributed by atoms with Gasteiger partial charge in [0.05, 0.1) is 17.0 Å². The molecule has 0 aliphatic carbocycles.